The highest BCUT2D eigenvalue weighted by Crippen LogP contribution is 2.11. The smallest absolute Gasteiger partial charge is 0.159 e. The molecule has 0 amide bonds. The van der Waals surface area contributed by atoms with Crippen molar-refractivity contribution < 1.29 is 13.9 Å². The molecule has 0 bridgehead atoms. The minimum Gasteiger partial charge on any atom is -0.497 e. The van der Waals surface area contributed by atoms with E-state index in [2.05, 4.69) is 22.6 Å². The lowest BCUT2D eigenvalue weighted by atomic mass is 10.1. The van der Waals surface area contributed by atoms with Crippen molar-refractivity contribution in [2.45, 2.75) is 6.92 Å². The molecule has 0 N–H and O–H groups in total. The van der Waals surface area contributed by atoms with Crippen LogP contribution in [0.2, 0.25) is 0 Å². The van der Waals surface area contributed by atoms with Crippen molar-refractivity contribution in [3.8, 4) is 5.75 Å². The first kappa shape index (κ1) is 15.6. The fourth-order valence-corrected chi connectivity index (χ4v) is 1.61. The summed E-state index contributed by atoms with van der Waals surface area (Å²) in [5, 5.41) is 0. The van der Waals surface area contributed by atoms with Gasteiger partial charge in [0.15, 0.2) is 5.78 Å². The van der Waals surface area contributed by atoms with Crippen molar-refractivity contribution in [2.75, 3.05) is 7.11 Å². The van der Waals surface area contributed by atoms with Gasteiger partial charge in [-0.2, -0.15) is 0 Å². The van der Waals surface area contributed by atoms with Crippen LogP contribution >= 0.6 is 22.6 Å². The first-order valence-electron chi connectivity index (χ1n) is 5.59. The zero-order valence-corrected chi connectivity index (χ0v) is 12.8. The van der Waals surface area contributed by atoms with E-state index in [1.54, 1.807) is 7.11 Å². The molecule has 0 unspecified atom stereocenters. The van der Waals surface area contributed by atoms with Gasteiger partial charge in [0.25, 0.3) is 0 Å². The molecule has 0 aromatic heterocycles. The predicted octanol–water partition coefficient (Wildman–Crippen LogP) is 4.33. The Hall–Kier alpha value is -1.43. The van der Waals surface area contributed by atoms with Gasteiger partial charge in [0.1, 0.15) is 11.6 Å². The SMILES string of the molecule is CC(=O)c1ccc(F)cc1.COc1ccc(I)cc1. The van der Waals surface area contributed by atoms with Crippen LogP contribution < -0.4 is 4.74 Å². The standard InChI is InChI=1S/C8H7FO.C7H7IO/c1-6(10)7-2-4-8(9)5-3-7;1-9-7-4-2-6(8)3-5-7/h2-5H,1H3;2-5H,1H3. The molecule has 0 atom stereocenters. The number of carbonyl (C=O) groups is 1. The van der Waals surface area contributed by atoms with Crippen molar-refractivity contribution in [1.29, 1.82) is 0 Å². The molecule has 0 saturated heterocycles. The minimum absolute atomic E-state index is 0.0417. The van der Waals surface area contributed by atoms with Crippen LogP contribution in [0, 0.1) is 9.39 Å². The first-order chi connectivity index (χ1) is 9.02. The van der Waals surface area contributed by atoms with Gasteiger partial charge < -0.3 is 4.74 Å². The van der Waals surface area contributed by atoms with Gasteiger partial charge in [0.05, 0.1) is 7.11 Å². The molecule has 19 heavy (non-hydrogen) atoms. The van der Waals surface area contributed by atoms with Gasteiger partial charge in [0.2, 0.25) is 0 Å². The Kier molecular flexibility index (Phi) is 6.49. The summed E-state index contributed by atoms with van der Waals surface area (Å²) in [6, 6.07) is 13.4. The molecule has 2 rings (SSSR count). The van der Waals surface area contributed by atoms with E-state index in [-0.39, 0.29) is 11.6 Å². The summed E-state index contributed by atoms with van der Waals surface area (Å²) < 4.78 is 18.4. The van der Waals surface area contributed by atoms with E-state index >= 15 is 0 Å². The molecule has 0 aliphatic rings. The topological polar surface area (TPSA) is 26.3 Å². The Morgan fingerprint density at radius 2 is 1.58 bits per heavy atom. The quantitative estimate of drug-likeness (QED) is 0.580. The van der Waals surface area contributed by atoms with E-state index < -0.39 is 0 Å². The minimum atomic E-state index is -0.315. The molecule has 4 heteroatoms. The lowest BCUT2D eigenvalue weighted by Gasteiger charge is -1.96. The number of benzene rings is 2. The zero-order valence-electron chi connectivity index (χ0n) is 10.7. The number of carbonyl (C=O) groups excluding carboxylic acids is 1. The van der Waals surface area contributed by atoms with Crippen LogP contribution in [0.3, 0.4) is 0 Å². The summed E-state index contributed by atoms with van der Waals surface area (Å²) in [5.41, 5.74) is 0.543. The third-order valence-electron chi connectivity index (χ3n) is 2.30. The van der Waals surface area contributed by atoms with E-state index in [0.717, 1.165) is 5.75 Å². The summed E-state index contributed by atoms with van der Waals surface area (Å²) >= 11 is 2.26. The average Bonchev–Trinajstić information content (AvgIpc) is 2.41. The number of rotatable bonds is 2. The molecule has 0 aliphatic heterocycles. The molecule has 0 heterocycles. The van der Waals surface area contributed by atoms with E-state index in [9.17, 15) is 9.18 Å². The number of methoxy groups -OCH3 is 1. The second-order valence-corrected chi connectivity index (χ2v) is 4.97. The molecule has 0 radical (unpaired) electrons. The fourth-order valence-electron chi connectivity index (χ4n) is 1.26. The number of hydrogen-bond acceptors (Lipinski definition) is 2. The molecule has 0 spiro atoms. The maximum atomic E-state index is 12.2. The van der Waals surface area contributed by atoms with Gasteiger partial charge in [-0.1, -0.05) is 0 Å². The predicted molar refractivity (Wildman–Crippen MR) is 82.1 cm³/mol. The van der Waals surface area contributed by atoms with E-state index in [0.29, 0.717) is 5.56 Å². The van der Waals surface area contributed by atoms with Gasteiger partial charge in [-0.3, -0.25) is 4.79 Å². The van der Waals surface area contributed by atoms with Crippen LogP contribution in [0.1, 0.15) is 17.3 Å². The fraction of sp³-hybridized carbons (Fsp3) is 0.133. The van der Waals surface area contributed by atoms with Gasteiger partial charge >= 0.3 is 0 Å². The van der Waals surface area contributed by atoms with Crippen LogP contribution in [-0.2, 0) is 0 Å². The van der Waals surface area contributed by atoms with Crippen molar-refractivity contribution in [3.63, 3.8) is 0 Å². The maximum Gasteiger partial charge on any atom is 0.159 e. The van der Waals surface area contributed by atoms with Crippen molar-refractivity contribution in [2.24, 2.45) is 0 Å². The molecule has 100 valence electrons. The highest BCUT2D eigenvalue weighted by molar-refractivity contribution is 14.1. The van der Waals surface area contributed by atoms with Crippen molar-refractivity contribution in [1.82, 2.24) is 0 Å². The normalized spacial score (nSPS) is 9.26. The van der Waals surface area contributed by atoms with Crippen LogP contribution in [0.4, 0.5) is 4.39 Å². The van der Waals surface area contributed by atoms with E-state index in [4.69, 9.17) is 4.74 Å². The Morgan fingerprint density at radius 1 is 1.05 bits per heavy atom. The summed E-state index contributed by atoms with van der Waals surface area (Å²) in [4.78, 5) is 10.6. The third-order valence-corrected chi connectivity index (χ3v) is 3.02. The molecule has 2 nitrogen and oxygen atoms in total. The Bertz CT molecular complexity index is 521. The largest absolute Gasteiger partial charge is 0.497 e. The monoisotopic (exact) mass is 372 g/mol. The van der Waals surface area contributed by atoms with Gasteiger partial charge in [-0.25, -0.2) is 4.39 Å². The van der Waals surface area contributed by atoms with Gasteiger partial charge in [-0.15, -0.1) is 0 Å². The molecule has 0 aliphatic carbocycles. The second-order valence-electron chi connectivity index (χ2n) is 3.72. The summed E-state index contributed by atoms with van der Waals surface area (Å²) in [5.74, 6) is 0.556. The van der Waals surface area contributed by atoms with Crippen LogP contribution in [0.25, 0.3) is 0 Å². The average molecular weight is 372 g/mol. The lowest BCUT2D eigenvalue weighted by Crippen LogP contribution is -1.90. The van der Waals surface area contributed by atoms with Gasteiger partial charge in [-0.05, 0) is 78.0 Å². The third kappa shape index (κ3) is 5.83. The van der Waals surface area contributed by atoms with E-state index in [1.807, 2.05) is 24.3 Å². The summed E-state index contributed by atoms with van der Waals surface area (Å²) in [7, 11) is 1.67. The highest BCUT2D eigenvalue weighted by Gasteiger charge is 1.96. The maximum absolute atomic E-state index is 12.2. The first-order valence-corrected chi connectivity index (χ1v) is 6.67. The summed E-state index contributed by atoms with van der Waals surface area (Å²) in [6.07, 6.45) is 0. The van der Waals surface area contributed by atoms with Crippen LogP contribution in [-0.4, -0.2) is 12.9 Å². The Balaban J connectivity index is 0.000000191. The molecular weight excluding hydrogens is 358 g/mol. The zero-order chi connectivity index (χ0) is 14.3. The molecular formula is C15H14FIO2. The lowest BCUT2D eigenvalue weighted by molar-refractivity contribution is 0.101. The molecule has 0 fully saturated rings. The van der Waals surface area contributed by atoms with E-state index in [1.165, 1.54) is 34.8 Å². The van der Waals surface area contributed by atoms with Gasteiger partial charge in [0, 0.05) is 9.13 Å². The Morgan fingerprint density at radius 3 is 2.00 bits per heavy atom. The number of ketones is 1. The Labute approximate surface area is 125 Å². The molecule has 0 saturated carbocycles. The summed E-state index contributed by atoms with van der Waals surface area (Å²) in [6.45, 7) is 1.45. The van der Waals surface area contributed by atoms with Crippen molar-refractivity contribution in [3.05, 3.63) is 63.5 Å². The molecule has 2 aromatic rings. The van der Waals surface area contributed by atoms with Crippen LogP contribution in [0.5, 0.6) is 5.75 Å². The number of hydrogen-bond donors (Lipinski definition) is 0. The highest BCUT2D eigenvalue weighted by atomic mass is 127. The number of Topliss-reactive ketones (excluding diaryl/α,β-unsaturated/α-hetero) is 1. The second kappa shape index (κ2) is 7.89. The number of halogens is 2. The van der Waals surface area contributed by atoms with Crippen LogP contribution in [0.15, 0.2) is 48.5 Å². The van der Waals surface area contributed by atoms with Crippen molar-refractivity contribution >= 4 is 28.4 Å². The molecule has 2 aromatic carbocycles. The number of ether oxygens (including phenoxy) is 1.